The number of hydrogen-bond acceptors (Lipinski definition) is 3. The Morgan fingerprint density at radius 2 is 2.00 bits per heavy atom. The van der Waals surface area contributed by atoms with Crippen molar-refractivity contribution < 1.29 is 14.3 Å². The van der Waals surface area contributed by atoms with E-state index in [2.05, 4.69) is 0 Å². The zero-order valence-corrected chi connectivity index (χ0v) is 9.45. The summed E-state index contributed by atoms with van der Waals surface area (Å²) in [6, 6.07) is 7.68. The molecular formula is C13H14O3. The van der Waals surface area contributed by atoms with Crippen LogP contribution in [0.2, 0.25) is 0 Å². The molecular weight excluding hydrogens is 204 g/mol. The molecule has 0 spiro atoms. The minimum Gasteiger partial charge on any atom is -0.497 e. The molecule has 0 aromatic heterocycles. The zero-order chi connectivity index (χ0) is 11.5. The first-order valence-corrected chi connectivity index (χ1v) is 5.23. The Kier molecular flexibility index (Phi) is 2.95. The molecule has 84 valence electrons. The van der Waals surface area contributed by atoms with Crippen LogP contribution in [-0.4, -0.2) is 19.7 Å². The van der Waals surface area contributed by atoms with Crippen molar-refractivity contribution in [1.82, 2.24) is 0 Å². The summed E-state index contributed by atoms with van der Waals surface area (Å²) >= 11 is 0. The molecule has 1 aromatic rings. The van der Waals surface area contributed by atoms with Crippen LogP contribution in [0.15, 0.2) is 29.8 Å². The van der Waals surface area contributed by atoms with Crippen LogP contribution in [0.4, 0.5) is 0 Å². The van der Waals surface area contributed by atoms with Gasteiger partial charge in [0.2, 0.25) is 0 Å². The first-order chi connectivity index (χ1) is 7.72. The van der Waals surface area contributed by atoms with Crippen LogP contribution >= 0.6 is 0 Å². The van der Waals surface area contributed by atoms with Gasteiger partial charge in [-0.15, -0.1) is 0 Å². The van der Waals surface area contributed by atoms with E-state index in [4.69, 9.17) is 9.47 Å². The Balaban J connectivity index is 2.33. The summed E-state index contributed by atoms with van der Waals surface area (Å²) in [5.74, 6) is 0.629. The summed E-state index contributed by atoms with van der Waals surface area (Å²) in [5, 5.41) is 0. The Morgan fingerprint density at radius 3 is 2.50 bits per heavy atom. The molecule has 0 radical (unpaired) electrons. The summed E-state index contributed by atoms with van der Waals surface area (Å²) < 4.78 is 10.0. The van der Waals surface area contributed by atoms with E-state index in [-0.39, 0.29) is 5.97 Å². The van der Waals surface area contributed by atoms with E-state index in [1.165, 1.54) is 0 Å². The highest BCUT2D eigenvalue weighted by Gasteiger charge is 2.21. The van der Waals surface area contributed by atoms with Gasteiger partial charge in [0.05, 0.1) is 13.7 Å². The minimum absolute atomic E-state index is 0.187. The third-order valence-corrected chi connectivity index (χ3v) is 2.81. The second-order valence-corrected chi connectivity index (χ2v) is 3.72. The molecule has 1 aliphatic rings. The second-order valence-electron chi connectivity index (χ2n) is 3.72. The van der Waals surface area contributed by atoms with Gasteiger partial charge in [-0.1, -0.05) is 12.1 Å². The van der Waals surface area contributed by atoms with Gasteiger partial charge in [-0.3, -0.25) is 0 Å². The molecule has 0 unspecified atom stereocenters. The largest absolute Gasteiger partial charge is 0.497 e. The van der Waals surface area contributed by atoms with Crippen LogP contribution in [-0.2, 0) is 9.53 Å². The fourth-order valence-corrected chi connectivity index (χ4v) is 1.79. The van der Waals surface area contributed by atoms with E-state index in [1.54, 1.807) is 7.11 Å². The van der Waals surface area contributed by atoms with Crippen molar-refractivity contribution in [2.75, 3.05) is 13.7 Å². The van der Waals surface area contributed by atoms with Crippen molar-refractivity contribution in [3.63, 3.8) is 0 Å². The maximum Gasteiger partial charge on any atom is 0.334 e. The molecule has 3 heteroatoms. The lowest BCUT2D eigenvalue weighted by Crippen LogP contribution is -1.97. The highest BCUT2D eigenvalue weighted by molar-refractivity contribution is 5.98. The van der Waals surface area contributed by atoms with Gasteiger partial charge in [-0.2, -0.15) is 0 Å². The molecule has 16 heavy (non-hydrogen) atoms. The smallest absolute Gasteiger partial charge is 0.334 e. The van der Waals surface area contributed by atoms with E-state index in [0.29, 0.717) is 13.0 Å². The van der Waals surface area contributed by atoms with Gasteiger partial charge in [0.15, 0.2) is 0 Å². The fourth-order valence-electron chi connectivity index (χ4n) is 1.79. The molecule has 1 fully saturated rings. The molecule has 0 bridgehead atoms. The average Bonchev–Trinajstić information content (AvgIpc) is 2.75. The Bertz CT molecular complexity index is 429. The molecule has 1 heterocycles. The molecule has 1 aliphatic heterocycles. The van der Waals surface area contributed by atoms with E-state index < -0.39 is 0 Å². The zero-order valence-electron chi connectivity index (χ0n) is 9.45. The number of esters is 1. The van der Waals surface area contributed by atoms with Crippen molar-refractivity contribution in [1.29, 1.82) is 0 Å². The number of cyclic esters (lactones) is 1. The van der Waals surface area contributed by atoms with Gasteiger partial charge in [-0.25, -0.2) is 4.79 Å². The lowest BCUT2D eigenvalue weighted by Gasteiger charge is -2.05. The number of carbonyl (C=O) groups excluding carboxylic acids is 1. The molecule has 1 aromatic carbocycles. The molecule has 0 aliphatic carbocycles. The van der Waals surface area contributed by atoms with Gasteiger partial charge in [0.1, 0.15) is 5.75 Å². The number of hydrogen-bond donors (Lipinski definition) is 0. The first kappa shape index (κ1) is 10.7. The van der Waals surface area contributed by atoms with E-state index in [9.17, 15) is 4.79 Å². The number of rotatable bonds is 2. The SMILES string of the molecule is COc1ccc(/C(C)=C2\CCOC2=O)cc1. The van der Waals surface area contributed by atoms with Crippen LogP contribution in [0.5, 0.6) is 5.75 Å². The van der Waals surface area contributed by atoms with Crippen LogP contribution in [0, 0.1) is 0 Å². The molecule has 0 N–H and O–H groups in total. The number of allylic oxidation sites excluding steroid dienone is 1. The molecule has 0 saturated carbocycles. The second kappa shape index (κ2) is 4.39. The average molecular weight is 218 g/mol. The van der Waals surface area contributed by atoms with Crippen LogP contribution in [0.25, 0.3) is 5.57 Å². The molecule has 0 amide bonds. The van der Waals surface area contributed by atoms with Crippen molar-refractivity contribution in [3.05, 3.63) is 35.4 Å². The molecule has 2 rings (SSSR count). The third kappa shape index (κ3) is 1.94. The van der Waals surface area contributed by atoms with Gasteiger partial charge in [-0.05, 0) is 30.2 Å². The number of benzene rings is 1. The van der Waals surface area contributed by atoms with Gasteiger partial charge < -0.3 is 9.47 Å². The third-order valence-electron chi connectivity index (χ3n) is 2.81. The predicted molar refractivity (Wildman–Crippen MR) is 61.2 cm³/mol. The maximum absolute atomic E-state index is 11.4. The maximum atomic E-state index is 11.4. The normalized spacial score (nSPS) is 18.2. The van der Waals surface area contributed by atoms with Crippen molar-refractivity contribution >= 4 is 11.5 Å². The Morgan fingerprint density at radius 1 is 1.31 bits per heavy atom. The summed E-state index contributed by atoms with van der Waals surface area (Å²) in [6.45, 7) is 2.45. The molecule has 1 saturated heterocycles. The van der Waals surface area contributed by atoms with Gasteiger partial charge in [0.25, 0.3) is 0 Å². The number of methoxy groups -OCH3 is 1. The van der Waals surface area contributed by atoms with Crippen LogP contribution < -0.4 is 4.74 Å². The number of carbonyl (C=O) groups is 1. The Hall–Kier alpha value is -1.77. The highest BCUT2D eigenvalue weighted by atomic mass is 16.5. The van der Waals surface area contributed by atoms with E-state index in [1.807, 2.05) is 31.2 Å². The lowest BCUT2D eigenvalue weighted by molar-refractivity contribution is -0.135. The number of ether oxygens (including phenoxy) is 2. The quantitative estimate of drug-likeness (QED) is 0.565. The van der Waals surface area contributed by atoms with Crippen molar-refractivity contribution in [2.24, 2.45) is 0 Å². The van der Waals surface area contributed by atoms with Crippen LogP contribution in [0.3, 0.4) is 0 Å². The molecule has 3 nitrogen and oxygen atoms in total. The monoisotopic (exact) mass is 218 g/mol. The summed E-state index contributed by atoms with van der Waals surface area (Å²) in [6.07, 6.45) is 0.705. The first-order valence-electron chi connectivity index (χ1n) is 5.23. The summed E-state index contributed by atoms with van der Waals surface area (Å²) in [4.78, 5) is 11.4. The lowest BCUT2D eigenvalue weighted by atomic mass is 10.0. The van der Waals surface area contributed by atoms with Crippen molar-refractivity contribution in [3.8, 4) is 5.75 Å². The highest BCUT2D eigenvalue weighted by Crippen LogP contribution is 2.26. The van der Waals surface area contributed by atoms with E-state index in [0.717, 1.165) is 22.5 Å². The standard InChI is InChI=1S/C13H14O3/c1-9(12-7-8-16-13(12)14)10-3-5-11(15-2)6-4-10/h3-6H,7-8H2,1-2H3/b12-9+. The Labute approximate surface area is 94.7 Å². The van der Waals surface area contributed by atoms with Gasteiger partial charge in [0, 0.05) is 12.0 Å². The fraction of sp³-hybridized carbons (Fsp3) is 0.308. The van der Waals surface area contributed by atoms with E-state index >= 15 is 0 Å². The van der Waals surface area contributed by atoms with Crippen molar-refractivity contribution in [2.45, 2.75) is 13.3 Å². The van der Waals surface area contributed by atoms with Crippen LogP contribution in [0.1, 0.15) is 18.9 Å². The van der Waals surface area contributed by atoms with Gasteiger partial charge >= 0.3 is 5.97 Å². The minimum atomic E-state index is -0.187. The summed E-state index contributed by atoms with van der Waals surface area (Å²) in [7, 11) is 1.63. The summed E-state index contributed by atoms with van der Waals surface area (Å²) in [5.41, 5.74) is 2.81. The topological polar surface area (TPSA) is 35.5 Å². The molecule has 0 atom stereocenters. The predicted octanol–water partition coefficient (Wildman–Crippen LogP) is 2.42.